The van der Waals surface area contributed by atoms with Crippen LogP contribution in [0, 0.1) is 0 Å². The molecular weight excluding hydrogens is 397 g/mol. The first kappa shape index (κ1) is 24.0. The Hall–Kier alpha value is -2.29. The van der Waals surface area contributed by atoms with Crippen molar-refractivity contribution < 1.29 is 22.7 Å². The third-order valence-electron chi connectivity index (χ3n) is 5.10. The van der Waals surface area contributed by atoms with Crippen molar-refractivity contribution in [3.8, 4) is 0 Å². The molecule has 0 aromatic heterocycles. The van der Waals surface area contributed by atoms with Gasteiger partial charge in [0.15, 0.2) is 5.96 Å². The van der Waals surface area contributed by atoms with Crippen LogP contribution in [-0.2, 0) is 22.3 Å². The first-order valence-corrected chi connectivity index (χ1v) is 10.2. The molecule has 1 aliphatic heterocycles. The summed E-state index contributed by atoms with van der Waals surface area (Å²) >= 11 is 0. The Morgan fingerprint density at radius 1 is 1.23 bits per heavy atom. The molecule has 30 heavy (non-hydrogen) atoms. The maximum absolute atomic E-state index is 12.7. The summed E-state index contributed by atoms with van der Waals surface area (Å²) in [4.78, 5) is 17.5. The minimum absolute atomic E-state index is 0.178. The first-order chi connectivity index (χ1) is 14.3. The number of hydrogen-bond donors (Lipinski definition) is 2. The summed E-state index contributed by atoms with van der Waals surface area (Å²) < 4.78 is 42.6. The molecule has 0 spiro atoms. The van der Waals surface area contributed by atoms with Gasteiger partial charge in [-0.1, -0.05) is 18.6 Å². The Bertz CT molecular complexity index is 692. The van der Waals surface area contributed by atoms with Crippen LogP contribution in [-0.4, -0.2) is 56.7 Å². The number of aliphatic imine (C=N–C) groups is 1. The molecule has 6 nitrogen and oxygen atoms in total. The highest BCUT2D eigenvalue weighted by Crippen LogP contribution is 2.29. The summed E-state index contributed by atoms with van der Waals surface area (Å²) in [5.41, 5.74) is 0.255. The first-order valence-electron chi connectivity index (χ1n) is 10.2. The Balaban J connectivity index is 1.67. The van der Waals surface area contributed by atoms with Crippen LogP contribution < -0.4 is 10.6 Å². The molecule has 1 heterocycles. The molecule has 0 bridgehead atoms. The molecule has 2 rings (SSSR count). The van der Waals surface area contributed by atoms with Crippen molar-refractivity contribution in [1.82, 2.24) is 15.5 Å². The van der Waals surface area contributed by atoms with Gasteiger partial charge in [-0.05, 0) is 37.0 Å². The van der Waals surface area contributed by atoms with Gasteiger partial charge in [-0.2, -0.15) is 13.2 Å². The summed E-state index contributed by atoms with van der Waals surface area (Å²) in [6, 6.07) is 5.61. The summed E-state index contributed by atoms with van der Waals surface area (Å²) in [6.45, 7) is 3.08. The lowest BCUT2D eigenvalue weighted by molar-refractivity contribution is -0.140. The molecule has 0 radical (unpaired) electrons. The van der Waals surface area contributed by atoms with E-state index in [1.165, 1.54) is 7.11 Å². The zero-order chi connectivity index (χ0) is 22.0. The molecule has 1 aliphatic rings. The Morgan fingerprint density at radius 3 is 2.60 bits per heavy atom. The number of nitrogens with one attached hydrogen (secondary N) is 2. The topological polar surface area (TPSA) is 66.0 Å². The highest BCUT2D eigenvalue weighted by molar-refractivity contribution is 5.80. The van der Waals surface area contributed by atoms with Gasteiger partial charge in [0.05, 0.1) is 12.7 Å². The van der Waals surface area contributed by atoms with Crippen LogP contribution in [0.3, 0.4) is 0 Å². The number of likely N-dealkylation sites (tertiary alicyclic amines) is 1. The second-order valence-electron chi connectivity index (χ2n) is 7.45. The normalized spacial score (nSPS) is 17.8. The minimum Gasteiger partial charge on any atom is -0.469 e. The number of rotatable bonds is 9. The molecule has 1 atom stereocenters. The number of carbonyl (C=O) groups is 1. The monoisotopic (exact) mass is 428 g/mol. The Morgan fingerprint density at radius 2 is 1.97 bits per heavy atom. The number of halogens is 3. The fourth-order valence-corrected chi connectivity index (χ4v) is 3.42. The second kappa shape index (κ2) is 11.8. The van der Waals surface area contributed by atoms with Gasteiger partial charge in [0.2, 0.25) is 0 Å². The molecule has 1 unspecified atom stereocenters. The Labute approximate surface area is 175 Å². The van der Waals surface area contributed by atoms with Gasteiger partial charge in [0, 0.05) is 45.7 Å². The lowest BCUT2D eigenvalue weighted by Crippen LogP contribution is -2.44. The number of ether oxygens (including phenoxy) is 1. The van der Waals surface area contributed by atoms with E-state index in [-0.39, 0.29) is 12.0 Å². The van der Waals surface area contributed by atoms with E-state index in [0.717, 1.165) is 69.0 Å². The number of methoxy groups -OCH3 is 1. The van der Waals surface area contributed by atoms with Crippen LogP contribution in [0.25, 0.3) is 0 Å². The van der Waals surface area contributed by atoms with Crippen LogP contribution in [0.5, 0.6) is 0 Å². The van der Waals surface area contributed by atoms with Crippen molar-refractivity contribution in [3.63, 3.8) is 0 Å². The summed E-state index contributed by atoms with van der Waals surface area (Å²) in [5.74, 6) is 0.562. The maximum Gasteiger partial charge on any atom is 0.416 e. The minimum atomic E-state index is -4.30. The van der Waals surface area contributed by atoms with Crippen LogP contribution in [0.4, 0.5) is 13.2 Å². The predicted octanol–water partition coefficient (Wildman–Crippen LogP) is 3.18. The van der Waals surface area contributed by atoms with E-state index in [1.54, 1.807) is 19.2 Å². The average molecular weight is 428 g/mol. The molecule has 1 aromatic carbocycles. The lowest BCUT2D eigenvalue weighted by atomic mass is 10.1. The van der Waals surface area contributed by atoms with Gasteiger partial charge < -0.3 is 15.4 Å². The van der Waals surface area contributed by atoms with Crippen LogP contribution in [0.2, 0.25) is 0 Å². The third-order valence-corrected chi connectivity index (χ3v) is 5.10. The standard InChI is InChI=1S/C21H31F3N4O2/c1-25-20(26-12-5-3-4-6-19(29)30-2)27-18-11-13-28(15-18)14-16-7-9-17(10-8-16)21(22,23)24/h7-10,18H,3-6,11-15H2,1-2H3,(H2,25,26,27). The molecule has 0 saturated carbocycles. The van der Waals surface area contributed by atoms with E-state index in [9.17, 15) is 18.0 Å². The second-order valence-corrected chi connectivity index (χ2v) is 7.45. The van der Waals surface area contributed by atoms with Gasteiger partial charge in [-0.3, -0.25) is 14.7 Å². The van der Waals surface area contributed by atoms with Crippen LogP contribution in [0.15, 0.2) is 29.3 Å². The zero-order valence-electron chi connectivity index (χ0n) is 17.6. The number of hydrogen-bond acceptors (Lipinski definition) is 4. The number of esters is 1. The molecule has 168 valence electrons. The lowest BCUT2D eigenvalue weighted by Gasteiger charge is -2.19. The molecule has 1 fully saturated rings. The van der Waals surface area contributed by atoms with Crippen molar-refractivity contribution >= 4 is 11.9 Å². The Kier molecular flexibility index (Phi) is 9.42. The van der Waals surface area contributed by atoms with Gasteiger partial charge in [-0.25, -0.2) is 0 Å². The summed E-state index contributed by atoms with van der Waals surface area (Å²) in [5, 5.41) is 6.68. The molecule has 1 saturated heterocycles. The van der Waals surface area contributed by atoms with Crippen molar-refractivity contribution in [1.29, 1.82) is 0 Å². The van der Waals surface area contributed by atoms with E-state index in [4.69, 9.17) is 0 Å². The number of nitrogens with zero attached hydrogens (tertiary/aromatic N) is 2. The van der Waals surface area contributed by atoms with Gasteiger partial charge >= 0.3 is 12.1 Å². The SMILES string of the molecule is CN=C(NCCCCCC(=O)OC)NC1CCN(Cc2ccc(C(F)(F)F)cc2)C1. The molecule has 1 aromatic rings. The maximum atomic E-state index is 12.7. The van der Waals surface area contributed by atoms with Crippen LogP contribution >= 0.6 is 0 Å². The highest BCUT2D eigenvalue weighted by Gasteiger charge is 2.30. The van der Waals surface area contributed by atoms with E-state index in [0.29, 0.717) is 13.0 Å². The van der Waals surface area contributed by atoms with Crippen molar-refractivity contribution in [3.05, 3.63) is 35.4 Å². The average Bonchev–Trinajstić information content (AvgIpc) is 3.15. The largest absolute Gasteiger partial charge is 0.469 e. The highest BCUT2D eigenvalue weighted by atomic mass is 19.4. The van der Waals surface area contributed by atoms with Crippen LogP contribution in [0.1, 0.15) is 43.2 Å². The fraction of sp³-hybridized carbons (Fsp3) is 0.619. The van der Waals surface area contributed by atoms with Gasteiger partial charge in [0.25, 0.3) is 0 Å². The fourth-order valence-electron chi connectivity index (χ4n) is 3.42. The smallest absolute Gasteiger partial charge is 0.416 e. The van der Waals surface area contributed by atoms with Crippen molar-refractivity contribution in [2.45, 2.75) is 50.9 Å². The third kappa shape index (κ3) is 8.22. The van der Waals surface area contributed by atoms with Gasteiger partial charge in [0.1, 0.15) is 0 Å². The number of carbonyl (C=O) groups excluding carboxylic acids is 1. The summed E-state index contributed by atoms with van der Waals surface area (Å²) in [7, 11) is 3.12. The van der Waals surface area contributed by atoms with Gasteiger partial charge in [-0.15, -0.1) is 0 Å². The molecule has 2 N–H and O–H groups in total. The van der Waals surface area contributed by atoms with Crippen molar-refractivity contribution in [2.75, 3.05) is 33.8 Å². The van der Waals surface area contributed by atoms with E-state index in [1.807, 2.05) is 0 Å². The molecule has 9 heteroatoms. The van der Waals surface area contributed by atoms with Crippen molar-refractivity contribution in [2.24, 2.45) is 4.99 Å². The molecule has 0 amide bonds. The number of alkyl halides is 3. The number of benzene rings is 1. The number of unbranched alkanes of at least 4 members (excludes halogenated alkanes) is 2. The van der Waals surface area contributed by atoms with E-state index >= 15 is 0 Å². The predicted molar refractivity (Wildman–Crippen MR) is 110 cm³/mol. The number of guanidine groups is 1. The van der Waals surface area contributed by atoms with E-state index < -0.39 is 11.7 Å². The molecule has 0 aliphatic carbocycles. The zero-order valence-corrected chi connectivity index (χ0v) is 17.6. The summed E-state index contributed by atoms with van der Waals surface area (Å²) in [6.07, 6.45) is -0.236. The quantitative estimate of drug-likeness (QED) is 0.274. The molecular formula is C21H31F3N4O2. The van der Waals surface area contributed by atoms with E-state index in [2.05, 4.69) is 25.3 Å².